The van der Waals surface area contributed by atoms with Gasteiger partial charge < -0.3 is 15.2 Å². The van der Waals surface area contributed by atoms with E-state index in [9.17, 15) is 5.11 Å². The fourth-order valence-electron chi connectivity index (χ4n) is 2.62. The third-order valence-corrected chi connectivity index (χ3v) is 4.30. The number of aromatic nitrogens is 1. The molecule has 1 aromatic heterocycles. The van der Waals surface area contributed by atoms with Crippen LogP contribution in [0.3, 0.4) is 0 Å². The molecule has 2 aromatic rings. The van der Waals surface area contributed by atoms with Crippen molar-refractivity contribution in [3.8, 4) is 5.75 Å². The molecule has 4 nitrogen and oxygen atoms in total. The van der Waals surface area contributed by atoms with E-state index in [1.807, 2.05) is 24.4 Å². The molecule has 2 atom stereocenters. The average Bonchev–Trinajstić information content (AvgIpc) is 2.93. The molecule has 0 spiro atoms. The van der Waals surface area contributed by atoms with Gasteiger partial charge in [0.2, 0.25) is 0 Å². The smallest absolute Gasteiger partial charge is 0.129 e. The van der Waals surface area contributed by atoms with E-state index in [1.54, 1.807) is 0 Å². The van der Waals surface area contributed by atoms with E-state index in [-0.39, 0.29) is 0 Å². The Kier molecular flexibility index (Phi) is 6.61. The van der Waals surface area contributed by atoms with Crippen molar-refractivity contribution < 1.29 is 9.84 Å². The monoisotopic (exact) mass is 322 g/mol. The topological polar surface area (TPSA) is 54.4 Å². The number of aliphatic hydroxyl groups excluding tert-OH is 1. The van der Waals surface area contributed by atoms with Crippen LogP contribution in [-0.4, -0.2) is 35.3 Å². The molecule has 2 N–H and O–H groups in total. The number of nitrogens with zero attached hydrogens (tertiary/aromatic N) is 1. The summed E-state index contributed by atoms with van der Waals surface area (Å²) in [5, 5.41) is 14.4. The number of benzene rings is 1. The van der Waals surface area contributed by atoms with E-state index in [2.05, 4.69) is 30.5 Å². The molecule has 0 amide bonds. The molecule has 22 heavy (non-hydrogen) atoms. The van der Waals surface area contributed by atoms with Crippen molar-refractivity contribution in [1.29, 1.82) is 0 Å². The number of ether oxygens (including phenoxy) is 1. The summed E-state index contributed by atoms with van der Waals surface area (Å²) in [5.41, 5.74) is 0. The predicted octanol–water partition coefficient (Wildman–Crippen LogP) is 3.31. The molecule has 122 valence electrons. The van der Waals surface area contributed by atoms with E-state index in [1.165, 1.54) is 18.0 Å². The SMILES string of the molecule is CC(C)CC(C)CNCC(O)COc1cccc2sncc12. The van der Waals surface area contributed by atoms with Crippen LogP contribution in [0.15, 0.2) is 24.4 Å². The van der Waals surface area contributed by atoms with Gasteiger partial charge in [-0.05, 0) is 48.5 Å². The summed E-state index contributed by atoms with van der Waals surface area (Å²) in [7, 11) is 0. The lowest BCUT2D eigenvalue weighted by Gasteiger charge is -2.17. The van der Waals surface area contributed by atoms with Crippen molar-refractivity contribution in [2.45, 2.75) is 33.3 Å². The lowest BCUT2D eigenvalue weighted by atomic mass is 9.99. The number of hydrogen-bond donors (Lipinski definition) is 2. The van der Waals surface area contributed by atoms with Crippen LogP contribution in [0.2, 0.25) is 0 Å². The highest BCUT2D eigenvalue weighted by atomic mass is 32.1. The van der Waals surface area contributed by atoms with Crippen molar-refractivity contribution in [3.63, 3.8) is 0 Å². The van der Waals surface area contributed by atoms with Crippen LogP contribution in [0, 0.1) is 11.8 Å². The molecule has 1 heterocycles. The van der Waals surface area contributed by atoms with Gasteiger partial charge in [0.05, 0.1) is 16.3 Å². The van der Waals surface area contributed by atoms with Crippen molar-refractivity contribution >= 4 is 21.6 Å². The number of rotatable bonds is 9. The highest BCUT2D eigenvalue weighted by Gasteiger charge is 2.10. The summed E-state index contributed by atoms with van der Waals surface area (Å²) in [6.45, 7) is 8.48. The summed E-state index contributed by atoms with van der Waals surface area (Å²) in [6, 6.07) is 5.89. The summed E-state index contributed by atoms with van der Waals surface area (Å²) >= 11 is 1.45. The lowest BCUT2D eigenvalue weighted by molar-refractivity contribution is 0.106. The van der Waals surface area contributed by atoms with E-state index in [4.69, 9.17) is 4.74 Å². The van der Waals surface area contributed by atoms with Gasteiger partial charge in [0.1, 0.15) is 18.5 Å². The predicted molar refractivity (Wildman–Crippen MR) is 92.6 cm³/mol. The zero-order valence-electron chi connectivity index (χ0n) is 13.6. The van der Waals surface area contributed by atoms with Crippen molar-refractivity contribution in [1.82, 2.24) is 9.69 Å². The largest absolute Gasteiger partial charge is 0.490 e. The van der Waals surface area contributed by atoms with Crippen LogP contribution in [0.25, 0.3) is 10.1 Å². The molecule has 0 bridgehead atoms. The molecule has 0 aliphatic heterocycles. The summed E-state index contributed by atoms with van der Waals surface area (Å²) in [6.07, 6.45) is 2.51. The van der Waals surface area contributed by atoms with Crippen LogP contribution in [-0.2, 0) is 0 Å². The van der Waals surface area contributed by atoms with Gasteiger partial charge in [-0.2, -0.15) is 4.37 Å². The highest BCUT2D eigenvalue weighted by molar-refractivity contribution is 7.13. The van der Waals surface area contributed by atoms with Crippen LogP contribution >= 0.6 is 11.5 Å². The quantitative estimate of drug-likeness (QED) is 0.744. The number of aliphatic hydroxyl groups is 1. The van der Waals surface area contributed by atoms with Gasteiger partial charge in [0, 0.05) is 6.54 Å². The van der Waals surface area contributed by atoms with Gasteiger partial charge in [-0.3, -0.25) is 0 Å². The minimum absolute atomic E-state index is 0.292. The molecular formula is C17H26N2O2S. The normalized spacial score (nSPS) is 14.4. The highest BCUT2D eigenvalue weighted by Crippen LogP contribution is 2.27. The second-order valence-corrected chi connectivity index (χ2v) is 7.18. The first-order chi connectivity index (χ1) is 10.6. The third-order valence-electron chi connectivity index (χ3n) is 3.54. The summed E-state index contributed by atoms with van der Waals surface area (Å²) in [5.74, 6) is 2.13. The van der Waals surface area contributed by atoms with Gasteiger partial charge in [0.15, 0.2) is 0 Å². The van der Waals surface area contributed by atoms with E-state index in [0.29, 0.717) is 25.0 Å². The van der Waals surface area contributed by atoms with E-state index >= 15 is 0 Å². The fourth-order valence-corrected chi connectivity index (χ4v) is 3.28. The molecule has 0 fully saturated rings. The van der Waals surface area contributed by atoms with Crippen LogP contribution in [0.4, 0.5) is 0 Å². The summed E-state index contributed by atoms with van der Waals surface area (Å²) < 4.78 is 11.0. The minimum atomic E-state index is -0.506. The van der Waals surface area contributed by atoms with Crippen LogP contribution < -0.4 is 10.1 Å². The van der Waals surface area contributed by atoms with Gasteiger partial charge in [-0.15, -0.1) is 0 Å². The molecule has 0 saturated heterocycles. The van der Waals surface area contributed by atoms with Gasteiger partial charge in [-0.1, -0.05) is 26.8 Å². The van der Waals surface area contributed by atoms with Crippen LogP contribution in [0.5, 0.6) is 5.75 Å². The van der Waals surface area contributed by atoms with E-state index in [0.717, 1.165) is 22.4 Å². The molecule has 0 saturated carbocycles. The zero-order valence-corrected chi connectivity index (χ0v) is 14.4. The van der Waals surface area contributed by atoms with Crippen molar-refractivity contribution in [3.05, 3.63) is 24.4 Å². The maximum atomic E-state index is 10.0. The van der Waals surface area contributed by atoms with E-state index < -0.39 is 6.10 Å². The van der Waals surface area contributed by atoms with Crippen LogP contribution in [0.1, 0.15) is 27.2 Å². The Morgan fingerprint density at radius 3 is 2.86 bits per heavy atom. The van der Waals surface area contributed by atoms with Gasteiger partial charge in [-0.25, -0.2) is 0 Å². The molecule has 0 aliphatic rings. The first-order valence-electron chi connectivity index (χ1n) is 7.91. The standard InChI is InChI=1S/C17H26N2O2S/c1-12(2)7-13(3)8-18-9-14(20)11-21-16-5-4-6-17-15(16)10-19-22-17/h4-6,10,12-14,18,20H,7-9,11H2,1-3H3. The van der Waals surface area contributed by atoms with Crippen molar-refractivity contribution in [2.24, 2.45) is 11.8 Å². The zero-order chi connectivity index (χ0) is 15.9. The molecule has 5 heteroatoms. The number of nitrogens with one attached hydrogen (secondary N) is 1. The Balaban J connectivity index is 1.71. The van der Waals surface area contributed by atoms with Gasteiger partial charge in [0.25, 0.3) is 0 Å². The Hall–Kier alpha value is -1.17. The molecule has 2 unspecified atom stereocenters. The maximum absolute atomic E-state index is 10.0. The van der Waals surface area contributed by atoms with Gasteiger partial charge >= 0.3 is 0 Å². The average molecular weight is 322 g/mol. The lowest BCUT2D eigenvalue weighted by Crippen LogP contribution is -2.34. The third kappa shape index (κ3) is 5.23. The molecule has 1 aromatic carbocycles. The number of hydrogen-bond acceptors (Lipinski definition) is 5. The number of fused-ring (bicyclic) bond motifs is 1. The second kappa shape index (κ2) is 8.46. The molecule has 0 radical (unpaired) electrons. The maximum Gasteiger partial charge on any atom is 0.129 e. The Morgan fingerprint density at radius 2 is 2.09 bits per heavy atom. The fraction of sp³-hybridized carbons (Fsp3) is 0.588. The van der Waals surface area contributed by atoms with Crippen molar-refractivity contribution in [2.75, 3.05) is 19.7 Å². The Morgan fingerprint density at radius 1 is 1.27 bits per heavy atom. The Labute approximate surface area is 136 Å². The molecule has 0 aliphatic carbocycles. The minimum Gasteiger partial charge on any atom is -0.490 e. The Bertz CT molecular complexity index is 571. The first-order valence-corrected chi connectivity index (χ1v) is 8.68. The summed E-state index contributed by atoms with van der Waals surface area (Å²) in [4.78, 5) is 0. The molecule has 2 rings (SSSR count). The second-order valence-electron chi connectivity index (χ2n) is 6.35. The first kappa shape index (κ1) is 17.2. The molecular weight excluding hydrogens is 296 g/mol.